The molecule has 0 amide bonds. The summed E-state index contributed by atoms with van der Waals surface area (Å²) >= 11 is 11.7. The van der Waals surface area contributed by atoms with Crippen LogP contribution in [0.1, 0.15) is 25.8 Å². The van der Waals surface area contributed by atoms with Crippen molar-refractivity contribution in [3.8, 4) is 0 Å². The van der Waals surface area contributed by atoms with Gasteiger partial charge in [0.15, 0.2) is 0 Å². The number of hydrogen-bond donors (Lipinski definition) is 1. The van der Waals surface area contributed by atoms with E-state index in [1.807, 2.05) is 0 Å². The van der Waals surface area contributed by atoms with Gasteiger partial charge in [0.1, 0.15) is 0 Å². The summed E-state index contributed by atoms with van der Waals surface area (Å²) in [7, 11) is 0. The first-order valence-electron chi connectivity index (χ1n) is 7.48. The van der Waals surface area contributed by atoms with E-state index >= 15 is 0 Å². The average molecular weight is 393 g/mol. The summed E-state index contributed by atoms with van der Waals surface area (Å²) in [6, 6.07) is 3.37. The van der Waals surface area contributed by atoms with Gasteiger partial charge in [0, 0.05) is 28.1 Å². The molecule has 136 valence electrons. The molecule has 0 spiro atoms. The number of nitrogens with two attached hydrogens (primary N) is 1. The van der Waals surface area contributed by atoms with E-state index in [0.29, 0.717) is 5.57 Å². The molecule has 8 heteroatoms. The molecule has 1 aliphatic heterocycles. The van der Waals surface area contributed by atoms with Crippen LogP contribution in [0.25, 0.3) is 0 Å². The number of hydrogen-bond acceptors (Lipinski definition) is 3. The van der Waals surface area contributed by atoms with E-state index in [-0.39, 0.29) is 27.4 Å². The number of oxime groups is 1. The molecule has 0 aliphatic carbocycles. The predicted octanol–water partition coefficient (Wildman–Crippen LogP) is 5.38. The van der Waals surface area contributed by atoms with Gasteiger partial charge < -0.3 is 10.6 Å². The Balaban J connectivity index is 2.50. The quantitative estimate of drug-likeness (QED) is 0.699. The second-order valence-electron chi connectivity index (χ2n) is 5.77. The summed E-state index contributed by atoms with van der Waals surface area (Å²) in [4.78, 5) is 4.95. The van der Waals surface area contributed by atoms with Crippen molar-refractivity contribution in [2.24, 2.45) is 10.9 Å². The van der Waals surface area contributed by atoms with Gasteiger partial charge in [-0.15, -0.1) is 0 Å². The van der Waals surface area contributed by atoms with Crippen molar-refractivity contribution in [3.05, 3.63) is 57.6 Å². The van der Waals surface area contributed by atoms with Crippen LogP contribution >= 0.6 is 23.2 Å². The Bertz CT molecular complexity index is 722. The van der Waals surface area contributed by atoms with Gasteiger partial charge in [-0.05, 0) is 37.6 Å². The highest BCUT2D eigenvalue weighted by molar-refractivity contribution is 6.34. The van der Waals surface area contributed by atoms with E-state index in [4.69, 9.17) is 33.8 Å². The summed E-state index contributed by atoms with van der Waals surface area (Å²) in [6.07, 6.45) is -0.263. The summed E-state index contributed by atoms with van der Waals surface area (Å²) in [6.45, 7) is 3.47. The van der Waals surface area contributed by atoms with E-state index in [2.05, 4.69) is 5.16 Å². The number of rotatable bonds is 4. The SMILES string of the molecule is C/C=C\C(=C/C(C)N)C1=NOC(c2cc(Cl)cc(Cl)c2)(C(F)(F)F)C1. The van der Waals surface area contributed by atoms with E-state index in [1.54, 1.807) is 32.1 Å². The molecule has 1 aromatic carbocycles. The van der Waals surface area contributed by atoms with Crippen molar-refractivity contribution in [1.82, 2.24) is 0 Å². The summed E-state index contributed by atoms with van der Waals surface area (Å²) in [5.74, 6) is 0. The number of alkyl halides is 3. The Morgan fingerprint density at radius 2 is 1.92 bits per heavy atom. The van der Waals surface area contributed by atoms with Crippen LogP contribution in [0.3, 0.4) is 0 Å². The third-order valence-corrected chi connectivity index (χ3v) is 4.07. The molecule has 0 fully saturated rings. The fourth-order valence-corrected chi connectivity index (χ4v) is 3.08. The van der Waals surface area contributed by atoms with E-state index < -0.39 is 18.2 Å². The normalized spacial score (nSPS) is 22.9. The largest absolute Gasteiger partial charge is 0.435 e. The van der Waals surface area contributed by atoms with E-state index in [9.17, 15) is 13.2 Å². The molecule has 1 aromatic rings. The standard InChI is InChI=1S/C17H17Cl2F3N2O/c1-3-4-11(5-10(2)23)15-9-16(25-24-15,17(20,21)22)12-6-13(18)8-14(19)7-12/h3-8,10H,9,23H2,1-2H3/b4-3-,11-5+. The molecule has 1 heterocycles. The van der Waals surface area contributed by atoms with Crippen LogP contribution in [0, 0.1) is 0 Å². The molecule has 25 heavy (non-hydrogen) atoms. The second-order valence-corrected chi connectivity index (χ2v) is 6.64. The molecule has 0 radical (unpaired) electrons. The second kappa shape index (κ2) is 7.40. The lowest BCUT2D eigenvalue weighted by Crippen LogP contribution is -2.42. The Hall–Kier alpha value is -1.50. The van der Waals surface area contributed by atoms with Crippen LogP contribution in [-0.2, 0) is 10.4 Å². The maximum Gasteiger partial charge on any atom is 0.435 e. The highest BCUT2D eigenvalue weighted by atomic mass is 35.5. The first-order chi connectivity index (χ1) is 11.6. The van der Waals surface area contributed by atoms with E-state index in [1.165, 1.54) is 18.2 Å². The molecule has 1 aliphatic rings. The molecular formula is C17H17Cl2F3N2O. The van der Waals surface area contributed by atoms with Crippen molar-refractivity contribution in [2.75, 3.05) is 0 Å². The number of allylic oxidation sites excluding steroid dienone is 3. The molecule has 0 aromatic heterocycles. The molecule has 2 unspecified atom stereocenters. The van der Waals surface area contributed by atoms with Crippen LogP contribution in [0.5, 0.6) is 0 Å². The van der Waals surface area contributed by atoms with Crippen molar-refractivity contribution < 1.29 is 18.0 Å². The lowest BCUT2D eigenvalue weighted by atomic mass is 9.86. The molecule has 2 atom stereocenters. The average Bonchev–Trinajstić information content (AvgIpc) is 2.91. The van der Waals surface area contributed by atoms with Crippen LogP contribution in [0.15, 0.2) is 47.2 Å². The van der Waals surface area contributed by atoms with Gasteiger partial charge >= 0.3 is 6.18 Å². The lowest BCUT2D eigenvalue weighted by Gasteiger charge is -2.29. The minimum atomic E-state index is -4.72. The van der Waals surface area contributed by atoms with Crippen molar-refractivity contribution in [2.45, 2.75) is 38.1 Å². The van der Waals surface area contributed by atoms with Crippen molar-refractivity contribution >= 4 is 28.9 Å². The van der Waals surface area contributed by atoms with Crippen LogP contribution in [0.4, 0.5) is 13.2 Å². The maximum absolute atomic E-state index is 13.9. The Morgan fingerprint density at radius 3 is 2.40 bits per heavy atom. The highest BCUT2D eigenvalue weighted by Gasteiger charge is 2.62. The maximum atomic E-state index is 13.9. The first kappa shape index (κ1) is 19.8. The number of halogens is 5. The molecule has 2 rings (SSSR count). The van der Waals surface area contributed by atoms with Gasteiger partial charge in [0.25, 0.3) is 5.60 Å². The number of benzene rings is 1. The van der Waals surface area contributed by atoms with Crippen LogP contribution in [-0.4, -0.2) is 17.9 Å². The summed E-state index contributed by atoms with van der Waals surface area (Å²) in [5, 5.41) is 3.87. The zero-order valence-electron chi connectivity index (χ0n) is 13.6. The van der Waals surface area contributed by atoms with Gasteiger partial charge in [-0.2, -0.15) is 13.2 Å². The molecular weight excluding hydrogens is 376 g/mol. The zero-order valence-corrected chi connectivity index (χ0v) is 15.1. The first-order valence-corrected chi connectivity index (χ1v) is 8.23. The fraction of sp³-hybridized carbons (Fsp3) is 0.353. The predicted molar refractivity (Wildman–Crippen MR) is 93.9 cm³/mol. The van der Waals surface area contributed by atoms with Gasteiger partial charge in [-0.25, -0.2) is 0 Å². The summed E-state index contributed by atoms with van der Waals surface area (Å²) in [5.41, 5.74) is 3.53. The molecule has 2 N–H and O–H groups in total. The van der Waals surface area contributed by atoms with E-state index in [0.717, 1.165) is 0 Å². The zero-order chi connectivity index (χ0) is 18.8. The van der Waals surface area contributed by atoms with Crippen LogP contribution in [0.2, 0.25) is 10.0 Å². The molecule has 0 bridgehead atoms. The smallest absolute Gasteiger partial charge is 0.374 e. The highest BCUT2D eigenvalue weighted by Crippen LogP contribution is 2.49. The Labute approximate surface area is 153 Å². The lowest BCUT2D eigenvalue weighted by molar-refractivity contribution is -0.275. The molecule has 3 nitrogen and oxygen atoms in total. The Morgan fingerprint density at radius 1 is 1.32 bits per heavy atom. The van der Waals surface area contributed by atoms with Gasteiger partial charge in [-0.3, -0.25) is 0 Å². The minimum absolute atomic E-state index is 0.0861. The topological polar surface area (TPSA) is 47.6 Å². The molecule has 0 saturated carbocycles. The van der Waals surface area contributed by atoms with Crippen molar-refractivity contribution in [3.63, 3.8) is 0 Å². The van der Waals surface area contributed by atoms with Crippen LogP contribution < -0.4 is 5.73 Å². The van der Waals surface area contributed by atoms with Gasteiger partial charge in [0.2, 0.25) is 0 Å². The van der Waals surface area contributed by atoms with Gasteiger partial charge in [0.05, 0.1) is 5.71 Å². The Kier molecular flexibility index (Phi) is 5.86. The number of nitrogens with zero attached hydrogens (tertiary/aromatic N) is 1. The molecule has 0 saturated heterocycles. The monoisotopic (exact) mass is 392 g/mol. The van der Waals surface area contributed by atoms with Gasteiger partial charge in [-0.1, -0.05) is 46.6 Å². The minimum Gasteiger partial charge on any atom is -0.374 e. The summed E-state index contributed by atoms with van der Waals surface area (Å²) < 4.78 is 41.7. The van der Waals surface area contributed by atoms with Crippen molar-refractivity contribution in [1.29, 1.82) is 0 Å². The fourth-order valence-electron chi connectivity index (χ4n) is 2.56. The third kappa shape index (κ3) is 4.19. The third-order valence-electron chi connectivity index (χ3n) is 3.64.